The quantitative estimate of drug-likeness (QED) is 0.910. The molecule has 0 spiro atoms. The van der Waals surface area contributed by atoms with E-state index < -0.39 is 11.8 Å². The average molecular weight is 292 g/mol. The molecule has 2 atom stereocenters. The number of carboxylic acid groups (broad SMARTS) is 1. The van der Waals surface area contributed by atoms with Gasteiger partial charge in [0.05, 0.1) is 5.56 Å². The number of piperazine rings is 1. The normalized spacial score (nSPS) is 26.5. The second-order valence-electron chi connectivity index (χ2n) is 6.12. The molecular formula is C16H21FN2O2. The number of halogens is 1. The van der Waals surface area contributed by atoms with Crippen LogP contribution < -0.4 is 4.90 Å². The van der Waals surface area contributed by atoms with Crippen molar-refractivity contribution in [3.05, 3.63) is 29.6 Å². The van der Waals surface area contributed by atoms with E-state index in [1.54, 1.807) is 6.07 Å². The first kappa shape index (κ1) is 14.3. The number of fused-ring (bicyclic) bond motifs is 1. The van der Waals surface area contributed by atoms with Gasteiger partial charge in [-0.25, -0.2) is 9.18 Å². The molecule has 1 aromatic rings. The second kappa shape index (κ2) is 5.64. The van der Waals surface area contributed by atoms with E-state index in [9.17, 15) is 9.18 Å². The smallest absolute Gasteiger partial charge is 0.338 e. The Labute approximate surface area is 124 Å². The molecule has 4 nitrogen and oxygen atoms in total. The summed E-state index contributed by atoms with van der Waals surface area (Å²) in [7, 11) is 0. The molecule has 2 aliphatic heterocycles. The lowest BCUT2D eigenvalue weighted by Crippen LogP contribution is -2.58. The molecule has 1 N–H and O–H groups in total. The van der Waals surface area contributed by atoms with Crippen LogP contribution in [0.25, 0.3) is 0 Å². The SMILES string of the molecule is CC1CN2CCCCC2CN1c1ccc(C(=O)O)c(F)c1. The molecule has 2 fully saturated rings. The number of nitrogens with zero attached hydrogens (tertiary/aromatic N) is 2. The van der Waals surface area contributed by atoms with Crippen LogP contribution in [-0.2, 0) is 0 Å². The molecule has 114 valence electrons. The fraction of sp³-hybridized carbons (Fsp3) is 0.562. The van der Waals surface area contributed by atoms with Crippen LogP contribution in [0.4, 0.5) is 10.1 Å². The third-order valence-corrected chi connectivity index (χ3v) is 4.70. The first-order valence-electron chi connectivity index (χ1n) is 7.60. The minimum atomic E-state index is -1.22. The molecule has 5 heteroatoms. The van der Waals surface area contributed by atoms with Crippen molar-refractivity contribution in [2.45, 2.75) is 38.3 Å². The van der Waals surface area contributed by atoms with Gasteiger partial charge < -0.3 is 10.0 Å². The van der Waals surface area contributed by atoms with Crippen LogP contribution in [-0.4, -0.2) is 47.7 Å². The number of rotatable bonds is 2. The number of benzene rings is 1. The van der Waals surface area contributed by atoms with E-state index in [-0.39, 0.29) is 5.56 Å². The number of carbonyl (C=O) groups is 1. The fourth-order valence-corrected chi connectivity index (χ4v) is 3.57. The fourth-order valence-electron chi connectivity index (χ4n) is 3.57. The monoisotopic (exact) mass is 292 g/mol. The van der Waals surface area contributed by atoms with E-state index in [4.69, 9.17) is 5.11 Å². The summed E-state index contributed by atoms with van der Waals surface area (Å²) in [6.45, 7) is 5.20. The molecule has 2 unspecified atom stereocenters. The molecule has 0 saturated carbocycles. The Kier molecular flexibility index (Phi) is 3.85. The summed E-state index contributed by atoms with van der Waals surface area (Å²) in [4.78, 5) is 15.6. The van der Waals surface area contributed by atoms with E-state index in [2.05, 4.69) is 16.7 Å². The maximum absolute atomic E-state index is 13.9. The van der Waals surface area contributed by atoms with E-state index in [0.29, 0.717) is 12.1 Å². The van der Waals surface area contributed by atoms with Gasteiger partial charge in [-0.1, -0.05) is 6.42 Å². The van der Waals surface area contributed by atoms with Crippen molar-refractivity contribution in [3.8, 4) is 0 Å². The summed E-state index contributed by atoms with van der Waals surface area (Å²) in [6.07, 6.45) is 3.72. The molecule has 0 aliphatic carbocycles. The summed E-state index contributed by atoms with van der Waals surface area (Å²) in [5.41, 5.74) is 0.526. The highest BCUT2D eigenvalue weighted by Gasteiger charge is 2.33. The number of hydrogen-bond acceptors (Lipinski definition) is 3. The van der Waals surface area contributed by atoms with Crippen molar-refractivity contribution in [1.82, 2.24) is 4.90 Å². The summed E-state index contributed by atoms with van der Waals surface area (Å²) in [5, 5.41) is 8.91. The molecule has 0 radical (unpaired) electrons. The summed E-state index contributed by atoms with van der Waals surface area (Å²) in [5.74, 6) is -1.87. The Bertz CT molecular complexity index is 549. The summed E-state index contributed by atoms with van der Waals surface area (Å²) < 4.78 is 13.9. The molecule has 0 aromatic heterocycles. The van der Waals surface area contributed by atoms with E-state index in [1.807, 2.05) is 0 Å². The number of aromatic carboxylic acids is 1. The summed E-state index contributed by atoms with van der Waals surface area (Å²) in [6, 6.07) is 5.30. The van der Waals surface area contributed by atoms with Crippen LogP contribution in [0.15, 0.2) is 18.2 Å². The van der Waals surface area contributed by atoms with Crippen molar-refractivity contribution in [2.75, 3.05) is 24.5 Å². The largest absolute Gasteiger partial charge is 0.478 e. The Morgan fingerprint density at radius 3 is 2.86 bits per heavy atom. The van der Waals surface area contributed by atoms with Crippen molar-refractivity contribution in [3.63, 3.8) is 0 Å². The first-order valence-corrected chi connectivity index (χ1v) is 7.60. The number of anilines is 1. The molecule has 0 amide bonds. The van der Waals surface area contributed by atoms with Crippen LogP contribution in [0.3, 0.4) is 0 Å². The van der Waals surface area contributed by atoms with Gasteiger partial charge in [-0.15, -0.1) is 0 Å². The minimum Gasteiger partial charge on any atom is -0.478 e. The number of piperidine rings is 1. The Morgan fingerprint density at radius 2 is 2.14 bits per heavy atom. The van der Waals surface area contributed by atoms with E-state index in [0.717, 1.165) is 25.3 Å². The maximum Gasteiger partial charge on any atom is 0.338 e. The van der Waals surface area contributed by atoms with Crippen LogP contribution >= 0.6 is 0 Å². The zero-order valence-electron chi connectivity index (χ0n) is 12.3. The Balaban J connectivity index is 1.82. The molecule has 1 aromatic carbocycles. The first-order chi connectivity index (χ1) is 10.1. The van der Waals surface area contributed by atoms with Crippen molar-refractivity contribution in [1.29, 1.82) is 0 Å². The lowest BCUT2D eigenvalue weighted by molar-refractivity contribution is 0.0692. The number of hydrogen-bond donors (Lipinski definition) is 1. The van der Waals surface area contributed by atoms with Gasteiger partial charge in [0.1, 0.15) is 5.82 Å². The Hall–Kier alpha value is -1.62. The standard InChI is InChI=1S/C16H21FN2O2/c1-11-9-18-7-3-2-4-13(18)10-19(11)12-5-6-14(16(20)21)15(17)8-12/h5-6,8,11,13H,2-4,7,9-10H2,1H3,(H,20,21). The third kappa shape index (κ3) is 2.75. The molecule has 0 bridgehead atoms. The Morgan fingerprint density at radius 1 is 1.33 bits per heavy atom. The predicted molar refractivity (Wildman–Crippen MR) is 79.4 cm³/mol. The van der Waals surface area contributed by atoms with Crippen molar-refractivity contribution < 1.29 is 14.3 Å². The second-order valence-corrected chi connectivity index (χ2v) is 6.12. The molecule has 2 aliphatic rings. The molecule has 21 heavy (non-hydrogen) atoms. The van der Waals surface area contributed by atoms with Gasteiger partial charge in [0.15, 0.2) is 0 Å². The van der Waals surface area contributed by atoms with Gasteiger partial charge >= 0.3 is 5.97 Å². The van der Waals surface area contributed by atoms with Crippen LogP contribution in [0, 0.1) is 5.82 Å². The lowest BCUT2D eigenvalue weighted by Gasteiger charge is -2.48. The molecule has 2 saturated heterocycles. The highest BCUT2D eigenvalue weighted by atomic mass is 19.1. The van der Waals surface area contributed by atoms with Gasteiger partial charge in [-0.3, -0.25) is 4.90 Å². The lowest BCUT2D eigenvalue weighted by atomic mass is 9.96. The average Bonchev–Trinajstić information content (AvgIpc) is 2.46. The zero-order valence-corrected chi connectivity index (χ0v) is 12.3. The molecule has 3 rings (SSSR count). The van der Waals surface area contributed by atoms with Crippen molar-refractivity contribution >= 4 is 11.7 Å². The zero-order chi connectivity index (χ0) is 15.0. The van der Waals surface area contributed by atoms with Gasteiger partial charge in [0.2, 0.25) is 0 Å². The van der Waals surface area contributed by atoms with Gasteiger partial charge in [-0.05, 0) is 44.5 Å². The summed E-state index contributed by atoms with van der Waals surface area (Å²) >= 11 is 0. The molecular weight excluding hydrogens is 271 g/mol. The van der Waals surface area contributed by atoms with Crippen molar-refractivity contribution in [2.24, 2.45) is 0 Å². The maximum atomic E-state index is 13.9. The van der Waals surface area contributed by atoms with Gasteiger partial charge in [0, 0.05) is 30.9 Å². The van der Waals surface area contributed by atoms with Crippen LogP contribution in [0.5, 0.6) is 0 Å². The topological polar surface area (TPSA) is 43.8 Å². The van der Waals surface area contributed by atoms with Crippen LogP contribution in [0.2, 0.25) is 0 Å². The van der Waals surface area contributed by atoms with Gasteiger partial charge in [0.25, 0.3) is 0 Å². The minimum absolute atomic E-state index is 0.261. The van der Waals surface area contributed by atoms with E-state index >= 15 is 0 Å². The highest BCUT2D eigenvalue weighted by molar-refractivity contribution is 5.88. The predicted octanol–water partition coefficient (Wildman–Crippen LogP) is 2.59. The number of carboxylic acids is 1. The highest BCUT2D eigenvalue weighted by Crippen LogP contribution is 2.29. The van der Waals surface area contributed by atoms with Crippen LogP contribution in [0.1, 0.15) is 36.5 Å². The third-order valence-electron chi connectivity index (χ3n) is 4.70. The molecule has 2 heterocycles. The van der Waals surface area contributed by atoms with E-state index in [1.165, 1.54) is 31.4 Å². The van der Waals surface area contributed by atoms with Gasteiger partial charge in [-0.2, -0.15) is 0 Å².